The highest BCUT2D eigenvalue weighted by Crippen LogP contribution is 2.56. The van der Waals surface area contributed by atoms with Crippen LogP contribution in [0, 0.1) is 0 Å². The summed E-state index contributed by atoms with van der Waals surface area (Å²) in [4.78, 5) is 0. The standard InChI is InChI=1S/C20H23PS/c1-14(2)21(22,15(3)4)20-18-11-7-5-9-16(18)13-17-10-6-8-12-19(17)20/h5-15H,1-4H3. The van der Waals surface area contributed by atoms with Gasteiger partial charge in [0.15, 0.2) is 0 Å². The minimum Gasteiger partial charge on any atom is -0.0920 e. The van der Waals surface area contributed by atoms with Gasteiger partial charge >= 0.3 is 0 Å². The zero-order valence-corrected chi connectivity index (χ0v) is 15.4. The maximum Gasteiger partial charge on any atom is 0.00192 e. The highest BCUT2D eigenvalue weighted by Gasteiger charge is 2.30. The Kier molecular flexibility index (Phi) is 4.14. The molecule has 0 unspecified atom stereocenters. The Hall–Kier alpha value is -1.17. The third-order valence-electron chi connectivity index (χ3n) is 4.63. The van der Waals surface area contributed by atoms with E-state index in [4.69, 9.17) is 11.8 Å². The van der Waals surface area contributed by atoms with Crippen LogP contribution in [-0.2, 0) is 11.8 Å². The Morgan fingerprint density at radius 3 is 1.55 bits per heavy atom. The lowest BCUT2D eigenvalue weighted by molar-refractivity contribution is 1.02. The van der Waals surface area contributed by atoms with E-state index in [9.17, 15) is 0 Å². The third kappa shape index (κ3) is 2.32. The molecular formula is C20H23PS. The van der Waals surface area contributed by atoms with Crippen LogP contribution < -0.4 is 5.30 Å². The van der Waals surface area contributed by atoms with Crippen LogP contribution in [0.3, 0.4) is 0 Å². The van der Waals surface area contributed by atoms with E-state index in [2.05, 4.69) is 82.3 Å². The van der Waals surface area contributed by atoms with Gasteiger partial charge in [0.1, 0.15) is 0 Å². The lowest BCUT2D eigenvalue weighted by Gasteiger charge is -2.33. The second-order valence-corrected chi connectivity index (χ2v) is 12.3. The van der Waals surface area contributed by atoms with Crippen molar-refractivity contribution in [3.8, 4) is 0 Å². The molecule has 0 nitrogen and oxygen atoms in total. The summed E-state index contributed by atoms with van der Waals surface area (Å²) in [5.74, 6) is 0. The van der Waals surface area contributed by atoms with Crippen LogP contribution >= 0.6 is 6.04 Å². The molecule has 0 amide bonds. The topological polar surface area (TPSA) is 0 Å². The molecule has 0 radical (unpaired) electrons. The average molecular weight is 326 g/mol. The Bertz CT molecular complexity index is 811. The molecule has 0 spiro atoms. The van der Waals surface area contributed by atoms with E-state index < -0.39 is 6.04 Å². The highest BCUT2D eigenvalue weighted by molar-refractivity contribution is 8.19. The first-order valence-corrected chi connectivity index (χ1v) is 10.9. The van der Waals surface area contributed by atoms with Gasteiger partial charge in [0.05, 0.1) is 0 Å². The van der Waals surface area contributed by atoms with Gasteiger partial charge in [-0.15, -0.1) is 0 Å². The van der Waals surface area contributed by atoms with Crippen molar-refractivity contribution < 1.29 is 0 Å². The minimum absolute atomic E-state index is 0.511. The molecule has 3 aromatic rings. The first kappa shape index (κ1) is 15.7. The fourth-order valence-electron chi connectivity index (χ4n) is 3.48. The SMILES string of the molecule is CC(C)P(=S)(c1c2ccccc2cc2ccccc12)C(C)C. The maximum absolute atomic E-state index is 6.38. The number of benzene rings is 3. The summed E-state index contributed by atoms with van der Waals surface area (Å²) in [6, 6.07) is 18.1. The molecule has 0 aliphatic rings. The number of hydrogen-bond acceptors (Lipinski definition) is 1. The van der Waals surface area contributed by atoms with Gasteiger partial charge in [-0.2, -0.15) is 0 Å². The Labute approximate surface area is 138 Å². The van der Waals surface area contributed by atoms with E-state index in [-0.39, 0.29) is 0 Å². The Morgan fingerprint density at radius 2 is 1.14 bits per heavy atom. The van der Waals surface area contributed by atoms with Crippen molar-refractivity contribution in [2.45, 2.75) is 39.0 Å². The molecule has 114 valence electrons. The van der Waals surface area contributed by atoms with E-state index in [1.807, 2.05) is 0 Å². The monoisotopic (exact) mass is 326 g/mol. The number of rotatable bonds is 3. The zero-order chi connectivity index (χ0) is 15.9. The van der Waals surface area contributed by atoms with Gasteiger partial charge in [-0.3, -0.25) is 0 Å². The summed E-state index contributed by atoms with van der Waals surface area (Å²) in [6.07, 6.45) is 0. The van der Waals surface area contributed by atoms with Gasteiger partial charge in [-0.25, -0.2) is 0 Å². The van der Waals surface area contributed by atoms with Crippen molar-refractivity contribution in [2.24, 2.45) is 0 Å². The van der Waals surface area contributed by atoms with Crippen molar-refractivity contribution in [3.63, 3.8) is 0 Å². The van der Waals surface area contributed by atoms with Crippen LogP contribution in [0.1, 0.15) is 27.7 Å². The molecule has 22 heavy (non-hydrogen) atoms. The maximum atomic E-state index is 6.38. The van der Waals surface area contributed by atoms with E-state index in [1.165, 1.54) is 26.8 Å². The van der Waals surface area contributed by atoms with Crippen LogP contribution in [0.2, 0.25) is 0 Å². The first-order chi connectivity index (χ1) is 10.5. The molecule has 0 atom stereocenters. The molecular weight excluding hydrogens is 303 g/mol. The molecule has 3 rings (SSSR count). The van der Waals surface area contributed by atoms with Gasteiger partial charge < -0.3 is 0 Å². The normalized spacial score (nSPS) is 12.6. The molecule has 0 aromatic heterocycles. The van der Waals surface area contributed by atoms with Crippen LogP contribution in [0.15, 0.2) is 54.6 Å². The quantitative estimate of drug-likeness (QED) is 0.425. The van der Waals surface area contributed by atoms with Crippen LogP contribution in [0.4, 0.5) is 0 Å². The molecule has 0 N–H and O–H groups in total. The highest BCUT2D eigenvalue weighted by atomic mass is 32.4. The van der Waals surface area contributed by atoms with Crippen LogP contribution in [0.25, 0.3) is 21.5 Å². The molecule has 0 fully saturated rings. The van der Waals surface area contributed by atoms with Gasteiger partial charge in [-0.05, 0) is 45.0 Å². The fraction of sp³-hybridized carbons (Fsp3) is 0.300. The number of hydrogen-bond donors (Lipinski definition) is 0. The van der Waals surface area contributed by atoms with Gasteiger partial charge in [-0.1, -0.05) is 88.0 Å². The van der Waals surface area contributed by atoms with Crippen molar-refractivity contribution in [1.29, 1.82) is 0 Å². The lowest BCUT2D eigenvalue weighted by atomic mass is 10.0. The summed E-state index contributed by atoms with van der Waals surface area (Å²) < 4.78 is 0. The predicted octanol–water partition coefficient (Wildman–Crippen LogP) is 5.91. The number of fused-ring (bicyclic) bond motifs is 2. The van der Waals surface area contributed by atoms with E-state index >= 15 is 0 Å². The average Bonchev–Trinajstić information content (AvgIpc) is 2.51. The largest absolute Gasteiger partial charge is 0.0920 e. The Balaban J connectivity index is 2.56. The van der Waals surface area contributed by atoms with Crippen LogP contribution in [-0.4, -0.2) is 11.3 Å². The van der Waals surface area contributed by atoms with Crippen molar-refractivity contribution in [2.75, 3.05) is 0 Å². The lowest BCUT2D eigenvalue weighted by Crippen LogP contribution is -2.21. The molecule has 0 aliphatic carbocycles. The Morgan fingerprint density at radius 1 is 0.727 bits per heavy atom. The molecule has 0 saturated heterocycles. The predicted molar refractivity (Wildman–Crippen MR) is 106 cm³/mol. The summed E-state index contributed by atoms with van der Waals surface area (Å²) in [7, 11) is 0. The molecule has 0 aliphatic heterocycles. The minimum atomic E-state index is -1.67. The second kappa shape index (κ2) is 5.80. The summed E-state index contributed by atoms with van der Waals surface area (Å²) in [5.41, 5.74) is 1.02. The van der Waals surface area contributed by atoms with Crippen LogP contribution in [0.5, 0.6) is 0 Å². The molecule has 0 bridgehead atoms. The molecule has 0 heterocycles. The van der Waals surface area contributed by atoms with Crippen molar-refractivity contribution in [3.05, 3.63) is 54.6 Å². The zero-order valence-electron chi connectivity index (χ0n) is 13.7. The molecule has 0 saturated carbocycles. The third-order valence-corrected chi connectivity index (χ3v) is 12.0. The molecule has 3 aromatic carbocycles. The van der Waals surface area contributed by atoms with Gasteiger partial charge in [0.2, 0.25) is 0 Å². The fourth-order valence-corrected chi connectivity index (χ4v) is 7.45. The van der Waals surface area contributed by atoms with Crippen molar-refractivity contribution in [1.82, 2.24) is 0 Å². The van der Waals surface area contributed by atoms with Gasteiger partial charge in [0.25, 0.3) is 0 Å². The first-order valence-electron chi connectivity index (χ1n) is 7.96. The second-order valence-electron chi connectivity index (χ2n) is 6.56. The summed E-state index contributed by atoms with van der Waals surface area (Å²) in [6.45, 7) is 9.21. The van der Waals surface area contributed by atoms with E-state index in [0.717, 1.165) is 0 Å². The van der Waals surface area contributed by atoms with E-state index in [1.54, 1.807) is 0 Å². The summed E-state index contributed by atoms with van der Waals surface area (Å²) in [5, 5.41) is 6.78. The summed E-state index contributed by atoms with van der Waals surface area (Å²) >= 11 is 6.38. The van der Waals surface area contributed by atoms with E-state index in [0.29, 0.717) is 11.3 Å². The molecule has 2 heteroatoms. The van der Waals surface area contributed by atoms with Crippen molar-refractivity contribution >= 4 is 44.7 Å². The smallest absolute Gasteiger partial charge is 0.00192 e. The van der Waals surface area contributed by atoms with Gasteiger partial charge in [0, 0.05) is 5.30 Å².